The van der Waals surface area contributed by atoms with Crippen molar-refractivity contribution in [3.8, 4) is 11.4 Å². The number of nitrogens with one attached hydrogen (secondary N) is 1. The first kappa shape index (κ1) is 12.0. The number of anilines is 1. The van der Waals surface area contributed by atoms with Crippen LogP contribution in [0.25, 0.3) is 11.4 Å². The lowest BCUT2D eigenvalue weighted by atomic mass is 9.96. The van der Waals surface area contributed by atoms with Crippen molar-refractivity contribution in [2.45, 2.75) is 19.3 Å². The van der Waals surface area contributed by atoms with Crippen LogP contribution in [0.4, 0.5) is 14.5 Å². The van der Waals surface area contributed by atoms with Gasteiger partial charge in [0.1, 0.15) is 0 Å². The number of alkyl halides is 2. The SMILES string of the molecule is Cn1nnc(-c2cc3c(cc2C(F)F)NCCC3)n1. The van der Waals surface area contributed by atoms with Crippen LogP contribution in [0.2, 0.25) is 0 Å². The number of nitrogens with zero attached hydrogens (tertiary/aromatic N) is 4. The number of hydrogen-bond donors (Lipinski definition) is 1. The van der Waals surface area contributed by atoms with Gasteiger partial charge in [-0.05, 0) is 35.8 Å². The van der Waals surface area contributed by atoms with Gasteiger partial charge in [0, 0.05) is 23.4 Å². The zero-order valence-electron chi connectivity index (χ0n) is 10.4. The molecule has 0 spiro atoms. The molecule has 1 aliphatic heterocycles. The standard InChI is InChI=1S/C12H13F2N5/c1-19-17-12(16-18-19)9-5-7-3-2-4-15-10(7)6-8(9)11(13)14/h5-6,11,15H,2-4H2,1H3. The number of tetrazole rings is 1. The van der Waals surface area contributed by atoms with Crippen LogP contribution in [0.15, 0.2) is 12.1 Å². The topological polar surface area (TPSA) is 55.6 Å². The molecule has 1 aromatic heterocycles. The summed E-state index contributed by atoms with van der Waals surface area (Å²) in [5.41, 5.74) is 2.12. The molecule has 5 nitrogen and oxygen atoms in total. The smallest absolute Gasteiger partial charge is 0.264 e. The van der Waals surface area contributed by atoms with Crippen LogP contribution in [0.5, 0.6) is 0 Å². The average molecular weight is 265 g/mol. The fourth-order valence-corrected chi connectivity index (χ4v) is 2.30. The second kappa shape index (κ2) is 4.56. The van der Waals surface area contributed by atoms with Crippen LogP contribution < -0.4 is 5.32 Å². The molecule has 100 valence electrons. The molecule has 1 N–H and O–H groups in total. The first-order chi connectivity index (χ1) is 9.15. The molecule has 0 radical (unpaired) electrons. The minimum absolute atomic E-state index is 0.0545. The fourth-order valence-electron chi connectivity index (χ4n) is 2.30. The summed E-state index contributed by atoms with van der Waals surface area (Å²) in [6.45, 7) is 0.818. The summed E-state index contributed by atoms with van der Waals surface area (Å²) in [5.74, 6) is 0.242. The van der Waals surface area contributed by atoms with Crippen molar-refractivity contribution in [2.75, 3.05) is 11.9 Å². The van der Waals surface area contributed by atoms with Crippen molar-refractivity contribution >= 4 is 5.69 Å². The highest BCUT2D eigenvalue weighted by atomic mass is 19.3. The van der Waals surface area contributed by atoms with Gasteiger partial charge in [0.15, 0.2) is 0 Å². The van der Waals surface area contributed by atoms with E-state index in [-0.39, 0.29) is 11.4 Å². The molecule has 0 bridgehead atoms. The summed E-state index contributed by atoms with van der Waals surface area (Å²) < 4.78 is 26.4. The van der Waals surface area contributed by atoms with Crippen LogP contribution in [0, 0.1) is 0 Å². The molecule has 3 rings (SSSR count). The van der Waals surface area contributed by atoms with Gasteiger partial charge in [-0.25, -0.2) is 8.78 Å². The van der Waals surface area contributed by atoms with Crippen LogP contribution in [-0.2, 0) is 13.5 Å². The predicted octanol–water partition coefficient (Wildman–Crippen LogP) is 2.17. The molecular weight excluding hydrogens is 252 g/mol. The third-order valence-corrected chi connectivity index (χ3v) is 3.20. The molecule has 0 aliphatic carbocycles. The van der Waals surface area contributed by atoms with E-state index in [1.54, 1.807) is 13.1 Å². The predicted molar refractivity (Wildman–Crippen MR) is 66.0 cm³/mol. The van der Waals surface area contributed by atoms with E-state index < -0.39 is 6.43 Å². The Kier molecular flexibility index (Phi) is 2.88. The zero-order chi connectivity index (χ0) is 13.4. The maximum Gasteiger partial charge on any atom is 0.264 e. The highest BCUT2D eigenvalue weighted by molar-refractivity contribution is 5.69. The van der Waals surface area contributed by atoms with Gasteiger partial charge in [0.2, 0.25) is 5.82 Å². The molecule has 1 aromatic carbocycles. The van der Waals surface area contributed by atoms with Crippen LogP contribution in [0.1, 0.15) is 24.0 Å². The van der Waals surface area contributed by atoms with Gasteiger partial charge >= 0.3 is 0 Å². The summed E-state index contributed by atoms with van der Waals surface area (Å²) in [6, 6.07) is 3.25. The first-order valence-corrected chi connectivity index (χ1v) is 6.08. The van der Waals surface area contributed by atoms with Crippen molar-refractivity contribution in [1.29, 1.82) is 0 Å². The average Bonchev–Trinajstić information content (AvgIpc) is 2.83. The molecule has 19 heavy (non-hydrogen) atoms. The number of rotatable bonds is 2. The van der Waals surface area contributed by atoms with Crippen molar-refractivity contribution in [3.05, 3.63) is 23.3 Å². The Balaban J connectivity index is 2.16. The number of benzene rings is 1. The lowest BCUT2D eigenvalue weighted by Crippen LogP contribution is -2.12. The zero-order valence-corrected chi connectivity index (χ0v) is 10.4. The molecule has 2 aromatic rings. The number of halogens is 2. The number of aromatic nitrogens is 4. The largest absolute Gasteiger partial charge is 0.385 e. The number of fused-ring (bicyclic) bond motifs is 1. The Bertz CT molecular complexity index is 608. The lowest BCUT2D eigenvalue weighted by molar-refractivity contribution is 0.152. The van der Waals surface area contributed by atoms with Gasteiger partial charge in [-0.2, -0.15) is 4.80 Å². The molecule has 1 aliphatic rings. The van der Waals surface area contributed by atoms with Crippen LogP contribution in [-0.4, -0.2) is 26.8 Å². The quantitative estimate of drug-likeness (QED) is 0.904. The molecular formula is C12H13F2N5. The van der Waals surface area contributed by atoms with Gasteiger partial charge in [0.25, 0.3) is 6.43 Å². The molecule has 0 saturated heterocycles. The first-order valence-electron chi connectivity index (χ1n) is 6.08. The van der Waals surface area contributed by atoms with E-state index in [1.165, 1.54) is 10.9 Å². The van der Waals surface area contributed by atoms with Crippen molar-refractivity contribution in [1.82, 2.24) is 20.2 Å². The lowest BCUT2D eigenvalue weighted by Gasteiger charge is -2.20. The maximum absolute atomic E-state index is 13.2. The molecule has 0 fully saturated rings. The third-order valence-electron chi connectivity index (χ3n) is 3.20. The monoisotopic (exact) mass is 265 g/mol. The Morgan fingerprint density at radius 3 is 2.89 bits per heavy atom. The third kappa shape index (κ3) is 2.16. The molecule has 0 unspecified atom stereocenters. The van der Waals surface area contributed by atoms with Gasteiger partial charge in [0.05, 0.1) is 7.05 Å². The summed E-state index contributed by atoms with van der Waals surface area (Å²) in [4.78, 5) is 1.27. The fraction of sp³-hybridized carbons (Fsp3) is 0.417. The van der Waals surface area contributed by atoms with E-state index in [2.05, 4.69) is 20.7 Å². The Hall–Kier alpha value is -2.05. The van der Waals surface area contributed by atoms with E-state index in [1.807, 2.05) is 0 Å². The van der Waals surface area contributed by atoms with Crippen LogP contribution >= 0.6 is 0 Å². The molecule has 7 heteroatoms. The Labute approximate surface area is 108 Å². The Morgan fingerprint density at radius 2 is 2.21 bits per heavy atom. The summed E-state index contributed by atoms with van der Waals surface area (Å²) in [6.07, 6.45) is -0.694. The van der Waals surface area contributed by atoms with E-state index in [4.69, 9.17) is 0 Å². The van der Waals surface area contributed by atoms with E-state index in [9.17, 15) is 8.78 Å². The summed E-state index contributed by atoms with van der Waals surface area (Å²) >= 11 is 0. The normalized spacial score (nSPS) is 14.3. The maximum atomic E-state index is 13.2. The van der Waals surface area contributed by atoms with Gasteiger partial charge in [-0.1, -0.05) is 0 Å². The molecule has 0 atom stereocenters. The van der Waals surface area contributed by atoms with E-state index >= 15 is 0 Å². The Morgan fingerprint density at radius 1 is 1.37 bits per heavy atom. The van der Waals surface area contributed by atoms with Crippen molar-refractivity contribution in [2.24, 2.45) is 7.05 Å². The molecule has 0 amide bonds. The highest BCUT2D eigenvalue weighted by Crippen LogP contribution is 2.35. The highest BCUT2D eigenvalue weighted by Gasteiger charge is 2.21. The van der Waals surface area contributed by atoms with Crippen molar-refractivity contribution in [3.63, 3.8) is 0 Å². The number of aryl methyl sites for hydroxylation is 2. The molecule has 2 heterocycles. The second-order valence-corrected chi connectivity index (χ2v) is 4.53. The van der Waals surface area contributed by atoms with Gasteiger partial charge in [-0.15, -0.1) is 10.2 Å². The minimum Gasteiger partial charge on any atom is -0.385 e. The van der Waals surface area contributed by atoms with Gasteiger partial charge < -0.3 is 5.32 Å². The minimum atomic E-state index is -2.56. The van der Waals surface area contributed by atoms with E-state index in [0.717, 1.165) is 30.6 Å². The second-order valence-electron chi connectivity index (χ2n) is 4.53. The number of hydrogen-bond acceptors (Lipinski definition) is 4. The van der Waals surface area contributed by atoms with Crippen LogP contribution in [0.3, 0.4) is 0 Å². The summed E-state index contributed by atoms with van der Waals surface area (Å²) in [7, 11) is 1.61. The van der Waals surface area contributed by atoms with Gasteiger partial charge in [-0.3, -0.25) is 0 Å². The summed E-state index contributed by atoms with van der Waals surface area (Å²) in [5, 5.41) is 14.7. The van der Waals surface area contributed by atoms with E-state index in [0.29, 0.717) is 5.56 Å². The molecule has 0 saturated carbocycles. The van der Waals surface area contributed by atoms with Crippen molar-refractivity contribution < 1.29 is 8.78 Å².